The molecule has 0 heterocycles. The second-order valence-corrected chi connectivity index (χ2v) is 3.05. The van der Waals surface area contributed by atoms with Gasteiger partial charge in [-0.3, -0.25) is 10.1 Å². The molecule has 0 spiro atoms. The van der Waals surface area contributed by atoms with Gasteiger partial charge in [0.15, 0.2) is 0 Å². The number of esters is 1. The van der Waals surface area contributed by atoms with E-state index in [0.717, 1.165) is 12.1 Å². The molecule has 0 N–H and O–H groups in total. The number of ether oxygens (including phenoxy) is 1. The predicted molar refractivity (Wildman–Crippen MR) is 53.7 cm³/mol. The largest absolute Gasteiger partial charge is 0.462 e. The summed E-state index contributed by atoms with van der Waals surface area (Å²) in [5, 5.41) is 10.5. The van der Waals surface area contributed by atoms with Crippen LogP contribution in [0.5, 0.6) is 0 Å². The molecule has 0 aliphatic rings. The van der Waals surface area contributed by atoms with Crippen molar-refractivity contribution in [2.24, 2.45) is 0 Å². The highest BCUT2D eigenvalue weighted by molar-refractivity contribution is 5.90. The first kappa shape index (κ1) is 12.1. The first-order valence-electron chi connectivity index (χ1n) is 4.59. The Bertz CT molecular complexity index is 445. The van der Waals surface area contributed by atoms with E-state index in [2.05, 4.69) is 4.74 Å². The summed E-state index contributed by atoms with van der Waals surface area (Å²) in [5.74, 6) is -1.73. The number of halogens is 1. The van der Waals surface area contributed by atoms with Gasteiger partial charge in [-0.2, -0.15) is 0 Å². The van der Waals surface area contributed by atoms with Crippen LogP contribution >= 0.6 is 0 Å². The fourth-order valence-electron chi connectivity index (χ4n) is 1.24. The van der Waals surface area contributed by atoms with Crippen LogP contribution in [0.2, 0.25) is 0 Å². The van der Waals surface area contributed by atoms with Crippen LogP contribution in [0.15, 0.2) is 12.1 Å². The number of carbonyl (C=O) groups is 1. The molecule has 5 nitrogen and oxygen atoms in total. The highest BCUT2D eigenvalue weighted by Gasteiger charge is 2.21. The van der Waals surface area contributed by atoms with E-state index in [1.807, 2.05) is 0 Å². The van der Waals surface area contributed by atoms with Crippen LogP contribution < -0.4 is 0 Å². The summed E-state index contributed by atoms with van der Waals surface area (Å²) in [5.41, 5.74) is -0.814. The lowest BCUT2D eigenvalue weighted by Crippen LogP contribution is -2.09. The lowest BCUT2D eigenvalue weighted by molar-refractivity contribution is -0.385. The minimum Gasteiger partial charge on any atom is -0.462 e. The van der Waals surface area contributed by atoms with Crippen molar-refractivity contribution in [2.75, 3.05) is 6.61 Å². The summed E-state index contributed by atoms with van der Waals surface area (Å²) in [6.45, 7) is 2.96. The standard InChI is InChI=1S/C10H10FNO4/c1-3-16-10(13)7-4-5-8(12(14)15)6(2)9(7)11/h4-5H,3H2,1-2H3. The predicted octanol–water partition coefficient (Wildman–Crippen LogP) is 2.22. The van der Waals surface area contributed by atoms with Gasteiger partial charge >= 0.3 is 5.97 Å². The average molecular weight is 227 g/mol. The maximum atomic E-state index is 13.6. The minimum atomic E-state index is -0.910. The Morgan fingerprint density at radius 1 is 1.56 bits per heavy atom. The maximum absolute atomic E-state index is 13.6. The zero-order valence-electron chi connectivity index (χ0n) is 8.82. The van der Waals surface area contributed by atoms with E-state index in [9.17, 15) is 19.3 Å². The van der Waals surface area contributed by atoms with Crippen molar-refractivity contribution < 1.29 is 18.8 Å². The van der Waals surface area contributed by atoms with Crippen molar-refractivity contribution in [2.45, 2.75) is 13.8 Å². The van der Waals surface area contributed by atoms with E-state index in [0.29, 0.717) is 0 Å². The number of rotatable bonds is 3. The smallest absolute Gasteiger partial charge is 0.341 e. The van der Waals surface area contributed by atoms with Crippen LogP contribution in [0.3, 0.4) is 0 Å². The Hall–Kier alpha value is -1.98. The molecule has 1 aromatic carbocycles. The van der Waals surface area contributed by atoms with Gasteiger partial charge in [0.1, 0.15) is 5.82 Å². The Morgan fingerprint density at radius 2 is 2.19 bits per heavy atom. The Labute approximate surface area is 91.0 Å². The van der Waals surface area contributed by atoms with Crippen LogP contribution in [-0.2, 0) is 4.74 Å². The van der Waals surface area contributed by atoms with E-state index in [1.54, 1.807) is 6.92 Å². The van der Waals surface area contributed by atoms with Crippen LogP contribution in [-0.4, -0.2) is 17.5 Å². The van der Waals surface area contributed by atoms with Crippen LogP contribution in [0, 0.1) is 22.9 Å². The van der Waals surface area contributed by atoms with E-state index in [1.165, 1.54) is 6.92 Å². The topological polar surface area (TPSA) is 69.4 Å². The molecule has 0 saturated carbocycles. The third-order valence-corrected chi connectivity index (χ3v) is 2.05. The molecule has 1 aromatic rings. The molecule has 6 heteroatoms. The lowest BCUT2D eigenvalue weighted by Gasteiger charge is -2.05. The van der Waals surface area contributed by atoms with Crippen molar-refractivity contribution in [3.05, 3.63) is 39.2 Å². The summed E-state index contributed by atoms with van der Waals surface area (Å²) in [6, 6.07) is 2.14. The minimum absolute atomic E-state index is 0.119. The van der Waals surface area contributed by atoms with Gasteiger partial charge in [0.05, 0.1) is 22.7 Å². The monoisotopic (exact) mass is 227 g/mol. The molecule has 0 fully saturated rings. The molecule has 0 saturated heterocycles. The van der Waals surface area contributed by atoms with Crippen LogP contribution in [0.4, 0.5) is 10.1 Å². The van der Waals surface area contributed by atoms with Crippen molar-refractivity contribution in [3.8, 4) is 0 Å². The van der Waals surface area contributed by atoms with Gasteiger partial charge in [-0.05, 0) is 19.9 Å². The van der Waals surface area contributed by atoms with Gasteiger partial charge in [0.25, 0.3) is 5.69 Å². The number of hydrogen-bond donors (Lipinski definition) is 0. The molecule has 86 valence electrons. The summed E-state index contributed by atoms with van der Waals surface area (Å²) in [6.07, 6.45) is 0. The molecule has 0 bridgehead atoms. The van der Waals surface area contributed by atoms with Crippen molar-refractivity contribution in [3.63, 3.8) is 0 Å². The second-order valence-electron chi connectivity index (χ2n) is 3.05. The summed E-state index contributed by atoms with van der Waals surface area (Å²) < 4.78 is 18.2. The molecular weight excluding hydrogens is 217 g/mol. The number of hydrogen-bond acceptors (Lipinski definition) is 4. The van der Waals surface area contributed by atoms with Gasteiger partial charge in [-0.1, -0.05) is 0 Å². The molecule has 0 aliphatic carbocycles. The first-order chi connectivity index (χ1) is 7.49. The van der Waals surface area contributed by atoms with Gasteiger partial charge in [0.2, 0.25) is 0 Å². The quantitative estimate of drug-likeness (QED) is 0.451. The van der Waals surface area contributed by atoms with Gasteiger partial charge in [-0.15, -0.1) is 0 Å². The van der Waals surface area contributed by atoms with E-state index in [-0.39, 0.29) is 23.4 Å². The zero-order chi connectivity index (χ0) is 12.3. The number of nitro groups is 1. The number of nitro benzene ring substituents is 1. The van der Waals surface area contributed by atoms with Gasteiger partial charge in [-0.25, -0.2) is 9.18 Å². The molecule has 16 heavy (non-hydrogen) atoms. The van der Waals surface area contributed by atoms with Gasteiger partial charge < -0.3 is 4.74 Å². The normalized spacial score (nSPS) is 9.94. The molecule has 1 rings (SSSR count). The van der Waals surface area contributed by atoms with E-state index < -0.39 is 16.7 Å². The fourth-order valence-corrected chi connectivity index (χ4v) is 1.24. The molecular formula is C10H10FNO4. The van der Waals surface area contributed by atoms with E-state index in [4.69, 9.17) is 0 Å². The van der Waals surface area contributed by atoms with Crippen LogP contribution in [0.1, 0.15) is 22.8 Å². The summed E-state index contributed by atoms with van der Waals surface area (Å²) >= 11 is 0. The third kappa shape index (κ3) is 2.16. The third-order valence-electron chi connectivity index (χ3n) is 2.05. The Balaban J connectivity index is 3.21. The van der Waals surface area contributed by atoms with Gasteiger partial charge in [0, 0.05) is 6.07 Å². The molecule has 0 aliphatic heterocycles. The first-order valence-corrected chi connectivity index (χ1v) is 4.59. The van der Waals surface area contributed by atoms with Crippen LogP contribution in [0.25, 0.3) is 0 Å². The molecule has 0 aromatic heterocycles. The Kier molecular flexibility index (Phi) is 3.55. The summed E-state index contributed by atoms with van der Waals surface area (Å²) in [4.78, 5) is 21.1. The lowest BCUT2D eigenvalue weighted by atomic mass is 10.1. The van der Waals surface area contributed by atoms with Crippen molar-refractivity contribution in [1.29, 1.82) is 0 Å². The fraction of sp³-hybridized carbons (Fsp3) is 0.300. The highest BCUT2D eigenvalue weighted by atomic mass is 19.1. The Morgan fingerprint density at radius 3 is 2.69 bits per heavy atom. The average Bonchev–Trinajstić information content (AvgIpc) is 2.21. The van der Waals surface area contributed by atoms with E-state index >= 15 is 0 Å². The molecule has 0 amide bonds. The SMILES string of the molecule is CCOC(=O)c1ccc([N+](=O)[O-])c(C)c1F. The number of benzene rings is 1. The molecule has 0 atom stereocenters. The van der Waals surface area contributed by atoms with Crippen molar-refractivity contribution >= 4 is 11.7 Å². The summed E-state index contributed by atoms with van der Waals surface area (Å²) in [7, 11) is 0. The molecule has 0 unspecified atom stereocenters. The van der Waals surface area contributed by atoms with Crippen molar-refractivity contribution in [1.82, 2.24) is 0 Å². The second kappa shape index (κ2) is 4.69. The molecule has 0 radical (unpaired) electrons. The maximum Gasteiger partial charge on any atom is 0.341 e. The number of nitrogens with zero attached hydrogens (tertiary/aromatic N) is 1. The highest BCUT2D eigenvalue weighted by Crippen LogP contribution is 2.23. The zero-order valence-corrected chi connectivity index (χ0v) is 8.82. The number of carbonyl (C=O) groups excluding carboxylic acids is 1.